The third-order valence-corrected chi connectivity index (χ3v) is 0.943. The van der Waals surface area contributed by atoms with Crippen LogP contribution in [0.4, 0.5) is 0 Å². The van der Waals surface area contributed by atoms with Gasteiger partial charge in [0.2, 0.25) is 0 Å². The molecular weight excluding hydrogens is 81.7 g/mol. The first kappa shape index (κ1) is 7.13. The lowest BCUT2D eigenvalue weighted by atomic mass is 9.67. The van der Waals surface area contributed by atoms with E-state index < -0.39 is 0 Å². The maximum absolute atomic E-state index is 2.26. The fourth-order valence-electron chi connectivity index (χ4n) is 0.943. The van der Waals surface area contributed by atoms with Crippen molar-refractivity contribution >= 4 is 15.7 Å². The van der Waals surface area contributed by atoms with E-state index in [0.717, 1.165) is 11.6 Å². The van der Waals surface area contributed by atoms with E-state index in [2.05, 4.69) is 29.5 Å². The van der Waals surface area contributed by atoms with Gasteiger partial charge in [-0.1, -0.05) is 26.0 Å². The predicted octanol–water partition coefficient (Wildman–Crippen LogP) is 0.0447. The van der Waals surface area contributed by atoms with Crippen molar-refractivity contribution in [2.24, 2.45) is 5.92 Å². The van der Waals surface area contributed by atoms with Gasteiger partial charge in [0.05, 0.1) is 15.7 Å². The molecule has 0 aromatic rings. The van der Waals surface area contributed by atoms with Crippen molar-refractivity contribution in [3.05, 3.63) is 0 Å². The Morgan fingerprint density at radius 2 is 1.71 bits per heavy atom. The van der Waals surface area contributed by atoms with Crippen molar-refractivity contribution in [3.8, 4) is 0 Å². The van der Waals surface area contributed by atoms with Crippen LogP contribution < -0.4 is 0 Å². The van der Waals surface area contributed by atoms with Crippen LogP contribution in [0.2, 0.25) is 5.72 Å². The van der Waals surface area contributed by atoms with Crippen LogP contribution >= 0.6 is 0 Å². The Labute approximate surface area is 48.5 Å². The van der Waals surface area contributed by atoms with Gasteiger partial charge in [-0.25, -0.2) is 0 Å². The van der Waals surface area contributed by atoms with E-state index in [9.17, 15) is 0 Å². The standard InChI is InChI=1S/C5H14B2/c1-4(2)3-5(6)7/h4-5H,3,6-7H2,1-2H3. The molecule has 0 fully saturated rings. The van der Waals surface area contributed by atoms with Crippen LogP contribution in [0.5, 0.6) is 0 Å². The molecule has 0 saturated heterocycles. The van der Waals surface area contributed by atoms with Crippen molar-refractivity contribution in [1.82, 2.24) is 0 Å². The first-order chi connectivity index (χ1) is 3.13. The minimum atomic E-state index is 0.875. The van der Waals surface area contributed by atoms with Gasteiger partial charge < -0.3 is 0 Å². The molecule has 0 unspecified atom stereocenters. The van der Waals surface area contributed by atoms with Crippen LogP contribution in [0.3, 0.4) is 0 Å². The van der Waals surface area contributed by atoms with Crippen LogP contribution in [-0.2, 0) is 0 Å². The van der Waals surface area contributed by atoms with E-state index in [0.29, 0.717) is 0 Å². The van der Waals surface area contributed by atoms with Gasteiger partial charge in [-0.15, -0.1) is 0 Å². The van der Waals surface area contributed by atoms with Crippen molar-refractivity contribution in [2.45, 2.75) is 26.0 Å². The van der Waals surface area contributed by atoms with Crippen molar-refractivity contribution in [3.63, 3.8) is 0 Å². The molecule has 0 aromatic carbocycles. The third-order valence-electron chi connectivity index (χ3n) is 0.943. The monoisotopic (exact) mass is 96.1 g/mol. The summed E-state index contributed by atoms with van der Waals surface area (Å²) in [7, 11) is 4.53. The lowest BCUT2D eigenvalue weighted by molar-refractivity contribution is 0.611. The SMILES string of the molecule is BC(B)CC(C)C. The summed E-state index contributed by atoms with van der Waals surface area (Å²) in [6.07, 6.45) is 1.36. The highest BCUT2D eigenvalue weighted by atomic mass is 13.9. The summed E-state index contributed by atoms with van der Waals surface area (Å²) < 4.78 is 0. The lowest BCUT2D eigenvalue weighted by Crippen LogP contribution is -1.96. The topological polar surface area (TPSA) is 0 Å². The Balaban J connectivity index is 2.95. The summed E-state index contributed by atoms with van der Waals surface area (Å²) in [5.74, 6) is 0.875. The van der Waals surface area contributed by atoms with Crippen LogP contribution in [0.1, 0.15) is 20.3 Å². The zero-order valence-electron chi connectivity index (χ0n) is 5.86. The van der Waals surface area contributed by atoms with Gasteiger partial charge in [0.25, 0.3) is 0 Å². The van der Waals surface area contributed by atoms with E-state index in [1.54, 1.807) is 0 Å². The zero-order valence-corrected chi connectivity index (χ0v) is 5.86. The molecule has 0 aromatic heterocycles. The highest BCUT2D eigenvalue weighted by Crippen LogP contribution is 2.07. The largest absolute Gasteiger partial charge is 0.0957 e. The minimum Gasteiger partial charge on any atom is -0.0957 e. The van der Waals surface area contributed by atoms with Gasteiger partial charge in [-0.2, -0.15) is 0 Å². The Kier molecular flexibility index (Phi) is 3.23. The molecule has 0 aliphatic heterocycles. The highest BCUT2D eigenvalue weighted by molar-refractivity contribution is 6.35. The first-order valence-electron chi connectivity index (χ1n) is 3.13. The summed E-state index contributed by atoms with van der Waals surface area (Å²) in [6, 6.07) is 0. The van der Waals surface area contributed by atoms with E-state index in [1.165, 1.54) is 6.42 Å². The molecule has 0 rings (SSSR count). The van der Waals surface area contributed by atoms with Gasteiger partial charge in [0.15, 0.2) is 0 Å². The van der Waals surface area contributed by atoms with Gasteiger partial charge >= 0.3 is 0 Å². The second kappa shape index (κ2) is 3.17. The number of rotatable bonds is 2. The molecule has 0 aliphatic carbocycles. The normalized spacial score (nSPS) is 10.9. The summed E-state index contributed by atoms with van der Waals surface area (Å²) in [5, 5.41) is 0. The smallest absolute Gasteiger partial charge is 0.0957 e. The average Bonchev–Trinajstić information content (AvgIpc) is 1.27. The average molecular weight is 95.8 g/mol. The third kappa shape index (κ3) is 6.13. The molecule has 7 heavy (non-hydrogen) atoms. The second-order valence-electron chi connectivity index (χ2n) is 3.02. The van der Waals surface area contributed by atoms with Crippen LogP contribution in [0, 0.1) is 5.92 Å². The van der Waals surface area contributed by atoms with Crippen LogP contribution in [0.15, 0.2) is 0 Å². The molecular formula is C5H14B2. The molecule has 0 bridgehead atoms. The Morgan fingerprint density at radius 3 is 1.71 bits per heavy atom. The van der Waals surface area contributed by atoms with Gasteiger partial charge in [-0.05, 0) is 5.92 Å². The van der Waals surface area contributed by atoms with Gasteiger partial charge in [0, 0.05) is 0 Å². The number of hydrogen-bond donors (Lipinski definition) is 0. The molecule has 0 nitrogen and oxygen atoms in total. The quantitative estimate of drug-likeness (QED) is 0.426. The highest BCUT2D eigenvalue weighted by Gasteiger charge is 1.96. The molecule has 2 heteroatoms. The maximum atomic E-state index is 2.26. The minimum absolute atomic E-state index is 0.875. The maximum Gasteiger partial charge on any atom is 0.0957 e. The molecule has 0 spiro atoms. The van der Waals surface area contributed by atoms with Crippen molar-refractivity contribution < 1.29 is 0 Å². The Hall–Kier alpha value is 0.130. The van der Waals surface area contributed by atoms with Crippen molar-refractivity contribution in [2.75, 3.05) is 0 Å². The Bertz CT molecular complexity index is 35.3. The first-order valence-corrected chi connectivity index (χ1v) is 3.13. The molecule has 0 radical (unpaired) electrons. The lowest BCUT2D eigenvalue weighted by Gasteiger charge is -2.05. The van der Waals surface area contributed by atoms with Gasteiger partial charge in [0.1, 0.15) is 0 Å². The van der Waals surface area contributed by atoms with E-state index in [4.69, 9.17) is 0 Å². The van der Waals surface area contributed by atoms with Gasteiger partial charge in [-0.3, -0.25) is 0 Å². The molecule has 40 valence electrons. The molecule has 0 heterocycles. The summed E-state index contributed by atoms with van der Waals surface area (Å²) >= 11 is 0. The summed E-state index contributed by atoms with van der Waals surface area (Å²) in [4.78, 5) is 0. The fourth-order valence-corrected chi connectivity index (χ4v) is 0.943. The van der Waals surface area contributed by atoms with Crippen LogP contribution in [-0.4, -0.2) is 15.7 Å². The van der Waals surface area contributed by atoms with E-state index >= 15 is 0 Å². The van der Waals surface area contributed by atoms with Crippen molar-refractivity contribution in [1.29, 1.82) is 0 Å². The molecule has 0 saturated carbocycles. The van der Waals surface area contributed by atoms with E-state index in [-0.39, 0.29) is 0 Å². The fraction of sp³-hybridized carbons (Fsp3) is 1.00. The predicted molar refractivity (Wildman–Crippen MR) is 40.3 cm³/mol. The number of hydrogen-bond acceptors (Lipinski definition) is 0. The Morgan fingerprint density at radius 1 is 1.29 bits per heavy atom. The molecule has 0 amide bonds. The summed E-state index contributed by atoms with van der Waals surface area (Å²) in [5.41, 5.74) is 0.875. The second-order valence-corrected chi connectivity index (χ2v) is 3.02. The van der Waals surface area contributed by atoms with E-state index in [1.807, 2.05) is 0 Å². The summed E-state index contributed by atoms with van der Waals surface area (Å²) in [6.45, 7) is 4.53. The molecule has 0 N–H and O–H groups in total. The van der Waals surface area contributed by atoms with Crippen LogP contribution in [0.25, 0.3) is 0 Å². The molecule has 0 aliphatic rings. The zero-order chi connectivity index (χ0) is 5.86. The molecule has 0 atom stereocenters.